The second-order valence-electron chi connectivity index (χ2n) is 10.6. The summed E-state index contributed by atoms with van der Waals surface area (Å²) in [6.07, 6.45) is 11.6. The topological polar surface area (TPSA) is 46.2 Å². The van der Waals surface area contributed by atoms with Crippen molar-refractivity contribution < 1.29 is 11.0 Å². The van der Waals surface area contributed by atoms with Crippen molar-refractivity contribution in [3.63, 3.8) is 0 Å². The second kappa shape index (κ2) is 13.2. The van der Waals surface area contributed by atoms with Gasteiger partial charge in [0.05, 0.1) is 0 Å². The summed E-state index contributed by atoms with van der Waals surface area (Å²) in [6, 6.07) is 22.6. The Balaban J connectivity index is 0.00000420. The van der Waals surface area contributed by atoms with Crippen LogP contribution < -0.4 is 5.32 Å². The summed E-state index contributed by atoms with van der Waals surface area (Å²) >= 11 is 0. The molecule has 0 amide bonds. The number of ketones is 2. The smallest absolute Gasteiger partial charge is 0.167 e. The highest BCUT2D eigenvalue weighted by atomic mass is 16.1. The molecule has 0 atom stereocenters. The van der Waals surface area contributed by atoms with Crippen molar-refractivity contribution in [1.29, 1.82) is 0 Å². The maximum atomic E-state index is 13.0. The van der Waals surface area contributed by atoms with Crippen LogP contribution in [0.4, 0.5) is 5.69 Å². The van der Waals surface area contributed by atoms with Gasteiger partial charge in [0.1, 0.15) is 0 Å². The van der Waals surface area contributed by atoms with Gasteiger partial charge in [0, 0.05) is 32.6 Å². The molecule has 198 valence electrons. The van der Waals surface area contributed by atoms with Gasteiger partial charge in [-0.15, -0.1) is 0 Å². The zero-order valence-electron chi connectivity index (χ0n) is 22.7. The van der Waals surface area contributed by atoms with E-state index in [9.17, 15) is 9.59 Å². The standard InChI is InChI=1S/C35H39NO2.H2/c1-4-26-13-15-27(16-14-26)7-5-10-33(37)21-28-17-19-30(20-18-28)31-8-6-9-32(24-31)35(38)23-29-12-11-25(2)34(22-29)36-3;/h4-6,8-16,22,24,28,30,36H,1,7,17-21,23H2,2-3H3;1H/b10-5-;. The molecular weight excluding hydrogens is 466 g/mol. The van der Waals surface area contributed by atoms with Crippen molar-refractivity contribution in [3.05, 3.63) is 119 Å². The van der Waals surface area contributed by atoms with Crippen molar-refractivity contribution in [2.75, 3.05) is 12.4 Å². The Morgan fingerprint density at radius 1 is 0.974 bits per heavy atom. The number of carbonyl (C=O) groups excluding carboxylic acids is 2. The number of aryl methyl sites for hydroxylation is 1. The molecule has 0 aliphatic heterocycles. The molecular formula is C35H41NO2. The third-order valence-electron chi connectivity index (χ3n) is 7.83. The fourth-order valence-electron chi connectivity index (χ4n) is 5.47. The maximum absolute atomic E-state index is 13.0. The Morgan fingerprint density at radius 3 is 2.42 bits per heavy atom. The van der Waals surface area contributed by atoms with E-state index in [-0.39, 0.29) is 13.0 Å². The Hall–Kier alpha value is -3.72. The Labute approximate surface area is 229 Å². The first-order chi connectivity index (χ1) is 18.4. The fraction of sp³-hybridized carbons (Fsp3) is 0.314. The van der Waals surface area contributed by atoms with Crippen LogP contribution in [0.3, 0.4) is 0 Å². The minimum absolute atomic E-state index is 0. The molecule has 38 heavy (non-hydrogen) atoms. The summed E-state index contributed by atoms with van der Waals surface area (Å²) in [4.78, 5) is 25.6. The van der Waals surface area contributed by atoms with Crippen molar-refractivity contribution in [2.24, 2.45) is 5.92 Å². The lowest BCUT2D eigenvalue weighted by Crippen LogP contribution is -2.16. The van der Waals surface area contributed by atoms with Crippen molar-refractivity contribution >= 4 is 23.3 Å². The summed E-state index contributed by atoms with van der Waals surface area (Å²) in [7, 11) is 1.91. The number of hydrogen-bond donors (Lipinski definition) is 1. The second-order valence-corrected chi connectivity index (χ2v) is 10.6. The van der Waals surface area contributed by atoms with E-state index in [4.69, 9.17) is 0 Å². The molecule has 1 aliphatic carbocycles. The van der Waals surface area contributed by atoms with Gasteiger partial charge in [-0.05, 0) is 96.9 Å². The molecule has 0 radical (unpaired) electrons. The Bertz CT molecular complexity index is 1300. The zero-order chi connectivity index (χ0) is 26.9. The monoisotopic (exact) mass is 507 g/mol. The Morgan fingerprint density at radius 2 is 1.71 bits per heavy atom. The van der Waals surface area contributed by atoms with Crippen molar-refractivity contribution in [1.82, 2.24) is 0 Å². The van der Waals surface area contributed by atoms with Gasteiger partial charge in [-0.1, -0.05) is 73.3 Å². The lowest BCUT2D eigenvalue weighted by Gasteiger charge is -2.28. The Kier molecular flexibility index (Phi) is 9.48. The minimum Gasteiger partial charge on any atom is -0.388 e. The molecule has 3 aromatic rings. The molecule has 0 aromatic heterocycles. The highest BCUT2D eigenvalue weighted by Crippen LogP contribution is 2.37. The zero-order valence-corrected chi connectivity index (χ0v) is 22.7. The van der Waals surface area contributed by atoms with Gasteiger partial charge < -0.3 is 5.32 Å². The lowest BCUT2D eigenvalue weighted by molar-refractivity contribution is -0.115. The van der Waals surface area contributed by atoms with E-state index in [2.05, 4.69) is 55.2 Å². The van der Waals surface area contributed by atoms with Gasteiger partial charge in [0.15, 0.2) is 11.6 Å². The summed E-state index contributed by atoms with van der Waals surface area (Å²) in [6.45, 7) is 5.84. The van der Waals surface area contributed by atoms with Crippen LogP contribution in [0.1, 0.15) is 77.6 Å². The van der Waals surface area contributed by atoms with Crippen LogP contribution in [0.15, 0.2) is 85.5 Å². The van der Waals surface area contributed by atoms with Gasteiger partial charge in [0.25, 0.3) is 0 Å². The van der Waals surface area contributed by atoms with E-state index in [0.29, 0.717) is 24.7 Å². The van der Waals surface area contributed by atoms with E-state index in [1.165, 1.54) is 16.7 Å². The van der Waals surface area contributed by atoms with Crippen LogP contribution in [0.5, 0.6) is 0 Å². The van der Waals surface area contributed by atoms with Crippen LogP contribution in [0.2, 0.25) is 0 Å². The molecule has 3 heteroatoms. The van der Waals surface area contributed by atoms with E-state index in [0.717, 1.165) is 54.5 Å². The van der Waals surface area contributed by atoms with Gasteiger partial charge in [-0.2, -0.15) is 0 Å². The molecule has 4 rings (SSSR count). The van der Waals surface area contributed by atoms with E-state index in [1.54, 1.807) is 6.08 Å². The number of rotatable bonds is 11. The summed E-state index contributed by atoms with van der Waals surface area (Å²) in [5.41, 5.74) is 7.61. The molecule has 0 spiro atoms. The van der Waals surface area contributed by atoms with Crippen LogP contribution in [0.25, 0.3) is 6.08 Å². The molecule has 1 N–H and O–H groups in total. The first kappa shape index (κ1) is 27.3. The predicted molar refractivity (Wildman–Crippen MR) is 161 cm³/mol. The number of hydrogen-bond acceptors (Lipinski definition) is 3. The van der Waals surface area contributed by atoms with Gasteiger partial charge >= 0.3 is 0 Å². The van der Waals surface area contributed by atoms with E-state index < -0.39 is 0 Å². The minimum atomic E-state index is 0. The summed E-state index contributed by atoms with van der Waals surface area (Å²) in [5.74, 6) is 1.28. The molecule has 0 heterocycles. The van der Waals surface area contributed by atoms with Gasteiger partial charge in [-0.3, -0.25) is 9.59 Å². The maximum Gasteiger partial charge on any atom is 0.167 e. The predicted octanol–water partition coefficient (Wildman–Crippen LogP) is 8.38. The molecule has 3 nitrogen and oxygen atoms in total. The van der Waals surface area contributed by atoms with Crippen molar-refractivity contribution in [2.45, 2.75) is 57.8 Å². The first-order valence-electron chi connectivity index (χ1n) is 13.8. The van der Waals surface area contributed by atoms with E-state index >= 15 is 0 Å². The molecule has 1 aliphatic rings. The number of allylic oxidation sites excluding steroid dienone is 2. The molecule has 0 bridgehead atoms. The van der Waals surface area contributed by atoms with Crippen molar-refractivity contribution in [3.8, 4) is 0 Å². The number of carbonyl (C=O) groups is 2. The first-order valence-corrected chi connectivity index (χ1v) is 13.8. The average Bonchev–Trinajstić information content (AvgIpc) is 2.95. The molecule has 0 unspecified atom stereocenters. The summed E-state index contributed by atoms with van der Waals surface area (Å²) in [5, 5.41) is 3.20. The quantitative estimate of drug-likeness (QED) is 0.209. The van der Waals surface area contributed by atoms with Crippen LogP contribution in [-0.2, 0) is 17.6 Å². The molecule has 1 saturated carbocycles. The summed E-state index contributed by atoms with van der Waals surface area (Å²) < 4.78 is 0. The largest absolute Gasteiger partial charge is 0.388 e. The highest BCUT2D eigenvalue weighted by molar-refractivity contribution is 5.97. The third-order valence-corrected chi connectivity index (χ3v) is 7.83. The SMILES string of the molecule is C=Cc1ccc(C/C=C\C(=O)CC2CCC(c3cccc(C(=O)Cc4ccc(C)c(NC)c4)c3)CC2)cc1.[HH]. The number of benzene rings is 3. The highest BCUT2D eigenvalue weighted by Gasteiger charge is 2.24. The van der Waals surface area contributed by atoms with Crippen LogP contribution >= 0.6 is 0 Å². The number of Topliss-reactive ketones (excluding diaryl/α,β-unsaturated/α-hetero) is 1. The van der Waals surface area contributed by atoms with Gasteiger partial charge in [0.2, 0.25) is 0 Å². The molecule has 3 aromatic carbocycles. The van der Waals surface area contributed by atoms with Gasteiger partial charge in [-0.25, -0.2) is 0 Å². The number of anilines is 1. The lowest BCUT2D eigenvalue weighted by atomic mass is 9.76. The number of nitrogens with one attached hydrogen (secondary N) is 1. The van der Waals surface area contributed by atoms with E-state index in [1.807, 2.05) is 49.5 Å². The molecule has 0 saturated heterocycles. The fourth-order valence-corrected chi connectivity index (χ4v) is 5.47. The average molecular weight is 508 g/mol. The third kappa shape index (κ3) is 7.41. The normalized spacial score (nSPS) is 17.3. The van der Waals surface area contributed by atoms with Crippen LogP contribution in [-0.4, -0.2) is 18.6 Å². The molecule has 1 fully saturated rings. The van der Waals surface area contributed by atoms with Crippen LogP contribution in [0, 0.1) is 12.8 Å².